The molecule has 1 aromatic heterocycles. The van der Waals surface area contributed by atoms with E-state index in [0.717, 1.165) is 5.56 Å². The first-order valence-corrected chi connectivity index (χ1v) is 12.6. The largest absolute Gasteiger partial charge is 0.454 e. The maximum Gasteiger partial charge on any atom is 0.233 e. The Morgan fingerprint density at radius 3 is 2.94 bits per heavy atom. The molecule has 0 spiro atoms. The maximum atomic E-state index is 12.6. The summed E-state index contributed by atoms with van der Waals surface area (Å²) >= 11 is 1.29. The van der Waals surface area contributed by atoms with Crippen molar-refractivity contribution in [1.29, 1.82) is 0 Å². The van der Waals surface area contributed by atoms with Crippen molar-refractivity contribution in [3.05, 3.63) is 42.2 Å². The molecule has 1 aromatic carbocycles. The summed E-state index contributed by atoms with van der Waals surface area (Å²) in [4.78, 5) is 12.6. The number of sulfone groups is 1. The molecule has 0 unspecified atom stereocenters. The second kappa shape index (κ2) is 8.91. The number of amides is 1. The van der Waals surface area contributed by atoms with E-state index in [1.54, 1.807) is 13.0 Å². The fourth-order valence-electron chi connectivity index (χ4n) is 3.58. The Morgan fingerprint density at radius 2 is 2.19 bits per heavy atom. The van der Waals surface area contributed by atoms with Crippen LogP contribution in [-0.2, 0) is 27.7 Å². The zero-order chi connectivity index (χ0) is 22.0. The van der Waals surface area contributed by atoms with Gasteiger partial charge in [-0.3, -0.25) is 4.79 Å². The van der Waals surface area contributed by atoms with Gasteiger partial charge in [0, 0.05) is 19.0 Å². The van der Waals surface area contributed by atoms with Crippen LogP contribution in [0.25, 0.3) is 0 Å². The lowest BCUT2D eigenvalue weighted by Gasteiger charge is -2.14. The molecule has 0 aliphatic carbocycles. The third-order valence-electron chi connectivity index (χ3n) is 5.21. The predicted molar refractivity (Wildman–Crippen MR) is 116 cm³/mol. The van der Waals surface area contributed by atoms with Gasteiger partial charge in [0.15, 0.2) is 26.5 Å². The summed E-state index contributed by atoms with van der Waals surface area (Å²) < 4.78 is 36.2. The highest BCUT2D eigenvalue weighted by molar-refractivity contribution is 8.00. The standard InChI is InChI=1S/C20H24N4O5S2/c1-3-7-24-18(15-6-8-31(26,27)11-15)22-23-20(24)30-13(2)19(25)21-10-14-4-5-16-17(9-14)29-12-28-16/h3-5,9,13,15H,1,6-8,10-12H2,2H3,(H,21,25)/t13-,15-/m0/s1. The van der Waals surface area contributed by atoms with Gasteiger partial charge >= 0.3 is 0 Å². The SMILES string of the molecule is C=CCn1c(S[C@@H](C)C(=O)NCc2ccc3c(c2)OCO3)nnc1[C@H]1CCS(=O)(=O)C1. The van der Waals surface area contributed by atoms with Gasteiger partial charge in [-0.15, -0.1) is 16.8 Å². The average Bonchev–Trinajstić information content (AvgIpc) is 3.45. The Balaban J connectivity index is 1.40. The van der Waals surface area contributed by atoms with E-state index in [2.05, 4.69) is 22.1 Å². The third-order valence-corrected chi connectivity index (χ3v) is 8.06. The van der Waals surface area contributed by atoms with Crippen LogP contribution >= 0.6 is 11.8 Å². The van der Waals surface area contributed by atoms with Gasteiger partial charge in [0.25, 0.3) is 0 Å². The summed E-state index contributed by atoms with van der Waals surface area (Å²) in [6.45, 7) is 6.59. The van der Waals surface area contributed by atoms with E-state index in [1.807, 2.05) is 22.8 Å². The molecular formula is C20H24N4O5S2. The minimum Gasteiger partial charge on any atom is -0.454 e. The van der Waals surface area contributed by atoms with Crippen molar-refractivity contribution in [2.75, 3.05) is 18.3 Å². The average molecular weight is 465 g/mol. The number of thioether (sulfide) groups is 1. The molecule has 11 heteroatoms. The van der Waals surface area contributed by atoms with E-state index >= 15 is 0 Å². The van der Waals surface area contributed by atoms with Crippen LogP contribution < -0.4 is 14.8 Å². The molecule has 3 heterocycles. The van der Waals surface area contributed by atoms with Crippen LogP contribution in [0.4, 0.5) is 0 Å². The second-order valence-electron chi connectivity index (χ2n) is 7.51. The number of nitrogens with one attached hydrogen (secondary N) is 1. The summed E-state index contributed by atoms with van der Waals surface area (Å²) in [5, 5.41) is 11.6. The molecule has 166 valence electrons. The lowest BCUT2D eigenvalue weighted by Crippen LogP contribution is -2.30. The van der Waals surface area contributed by atoms with Gasteiger partial charge in [0.05, 0.1) is 16.8 Å². The molecule has 0 radical (unpaired) electrons. The van der Waals surface area contributed by atoms with Crippen molar-refractivity contribution in [3.8, 4) is 11.5 Å². The molecule has 2 aliphatic rings. The molecule has 2 atom stereocenters. The summed E-state index contributed by atoms with van der Waals surface area (Å²) in [5.41, 5.74) is 0.911. The summed E-state index contributed by atoms with van der Waals surface area (Å²) in [5.74, 6) is 1.94. The number of fused-ring (bicyclic) bond motifs is 1. The minimum atomic E-state index is -3.03. The van der Waals surface area contributed by atoms with Gasteiger partial charge in [-0.2, -0.15) is 0 Å². The quantitative estimate of drug-likeness (QED) is 0.466. The van der Waals surface area contributed by atoms with Gasteiger partial charge < -0.3 is 19.4 Å². The number of carbonyl (C=O) groups excluding carboxylic acids is 1. The summed E-state index contributed by atoms with van der Waals surface area (Å²) in [6.07, 6.45) is 2.25. The summed E-state index contributed by atoms with van der Waals surface area (Å²) in [7, 11) is -3.03. The first-order chi connectivity index (χ1) is 14.9. The highest BCUT2D eigenvalue weighted by Crippen LogP contribution is 2.33. The van der Waals surface area contributed by atoms with E-state index in [9.17, 15) is 13.2 Å². The molecule has 9 nitrogen and oxygen atoms in total. The van der Waals surface area contributed by atoms with Gasteiger partial charge in [-0.25, -0.2) is 8.42 Å². The molecule has 1 saturated heterocycles. The molecule has 2 aromatic rings. The van der Waals surface area contributed by atoms with E-state index in [0.29, 0.717) is 42.0 Å². The Morgan fingerprint density at radius 1 is 1.39 bits per heavy atom. The molecule has 0 saturated carbocycles. The molecular weight excluding hydrogens is 440 g/mol. The highest BCUT2D eigenvalue weighted by atomic mass is 32.2. The third kappa shape index (κ3) is 4.87. The van der Waals surface area contributed by atoms with Crippen LogP contribution in [0.3, 0.4) is 0 Å². The lowest BCUT2D eigenvalue weighted by atomic mass is 10.1. The normalized spacial score (nSPS) is 19.8. The molecule has 2 aliphatic heterocycles. The van der Waals surface area contributed by atoms with Gasteiger partial charge in [-0.05, 0) is 31.0 Å². The number of carbonyl (C=O) groups is 1. The molecule has 1 amide bonds. The monoisotopic (exact) mass is 464 g/mol. The molecule has 1 N–H and O–H groups in total. The van der Waals surface area contributed by atoms with Crippen molar-refractivity contribution >= 4 is 27.5 Å². The number of aromatic nitrogens is 3. The van der Waals surface area contributed by atoms with Gasteiger partial charge in [-0.1, -0.05) is 23.9 Å². The van der Waals surface area contributed by atoms with E-state index in [1.165, 1.54) is 11.8 Å². The number of benzene rings is 1. The Kier molecular flexibility index (Phi) is 6.24. The fourth-order valence-corrected chi connectivity index (χ4v) is 6.21. The van der Waals surface area contributed by atoms with E-state index < -0.39 is 15.1 Å². The predicted octanol–water partition coefficient (Wildman–Crippen LogP) is 1.89. The van der Waals surface area contributed by atoms with Crippen molar-refractivity contribution in [3.63, 3.8) is 0 Å². The first kappa shape index (κ1) is 21.7. The van der Waals surface area contributed by atoms with Crippen LogP contribution in [0, 0.1) is 0 Å². The number of rotatable bonds is 8. The first-order valence-electron chi connectivity index (χ1n) is 9.93. The maximum absolute atomic E-state index is 12.6. The molecule has 1 fully saturated rings. The molecule has 4 rings (SSSR count). The van der Waals surface area contributed by atoms with Crippen LogP contribution in [0.15, 0.2) is 36.0 Å². The Bertz CT molecular complexity index is 1100. The van der Waals surface area contributed by atoms with Crippen LogP contribution in [0.2, 0.25) is 0 Å². The highest BCUT2D eigenvalue weighted by Gasteiger charge is 2.33. The van der Waals surface area contributed by atoms with Crippen molar-refractivity contribution in [2.24, 2.45) is 0 Å². The number of hydrogen-bond acceptors (Lipinski definition) is 8. The van der Waals surface area contributed by atoms with Crippen molar-refractivity contribution in [2.45, 2.75) is 42.8 Å². The van der Waals surface area contributed by atoms with Crippen LogP contribution in [-0.4, -0.2) is 52.6 Å². The lowest BCUT2D eigenvalue weighted by molar-refractivity contribution is -0.120. The van der Waals surface area contributed by atoms with Crippen LogP contribution in [0.1, 0.15) is 30.7 Å². The van der Waals surface area contributed by atoms with Crippen molar-refractivity contribution < 1.29 is 22.7 Å². The second-order valence-corrected chi connectivity index (χ2v) is 11.0. The number of nitrogens with zero attached hydrogens (tertiary/aromatic N) is 3. The Hall–Kier alpha value is -2.53. The van der Waals surface area contributed by atoms with E-state index in [4.69, 9.17) is 9.47 Å². The zero-order valence-electron chi connectivity index (χ0n) is 17.1. The smallest absolute Gasteiger partial charge is 0.233 e. The Labute approximate surface area is 185 Å². The van der Waals surface area contributed by atoms with Crippen LogP contribution in [0.5, 0.6) is 11.5 Å². The fraction of sp³-hybridized carbons (Fsp3) is 0.450. The number of ether oxygens (including phenoxy) is 2. The zero-order valence-corrected chi connectivity index (χ0v) is 18.7. The minimum absolute atomic E-state index is 0.0819. The van der Waals surface area contributed by atoms with Crippen molar-refractivity contribution in [1.82, 2.24) is 20.1 Å². The topological polar surface area (TPSA) is 112 Å². The molecule has 0 bridgehead atoms. The van der Waals surface area contributed by atoms with E-state index in [-0.39, 0.29) is 30.1 Å². The number of hydrogen-bond donors (Lipinski definition) is 1. The van der Waals surface area contributed by atoms with Gasteiger partial charge in [0.2, 0.25) is 12.7 Å². The number of allylic oxidation sites excluding steroid dienone is 1. The molecule has 31 heavy (non-hydrogen) atoms. The summed E-state index contributed by atoms with van der Waals surface area (Å²) in [6, 6.07) is 5.56. The van der Waals surface area contributed by atoms with Gasteiger partial charge in [0.1, 0.15) is 5.82 Å².